The number of amides is 1. The number of anilines is 1. The Kier molecular flexibility index (Phi) is 6.63. The summed E-state index contributed by atoms with van der Waals surface area (Å²) in [6.45, 7) is 3.88. The highest BCUT2D eigenvalue weighted by molar-refractivity contribution is 7.92. The minimum absolute atomic E-state index is 0.210. The normalized spacial score (nSPS) is 12.6. The predicted octanol–water partition coefficient (Wildman–Crippen LogP) is 3.27. The lowest BCUT2D eigenvalue weighted by Crippen LogP contribution is -2.25. The van der Waals surface area contributed by atoms with E-state index >= 15 is 0 Å². The maximum Gasteiger partial charge on any atom is 0.244 e. The summed E-state index contributed by atoms with van der Waals surface area (Å²) in [6.07, 6.45) is 4.20. The second-order valence-electron chi connectivity index (χ2n) is 6.31. The number of carbonyl (C=O) groups excluding carboxylic acids is 1. The lowest BCUT2D eigenvalue weighted by Gasteiger charge is -2.17. The van der Waals surface area contributed by atoms with Crippen LogP contribution in [-0.2, 0) is 14.8 Å². The van der Waals surface area contributed by atoms with Crippen LogP contribution in [0.4, 0.5) is 5.69 Å². The summed E-state index contributed by atoms with van der Waals surface area (Å²) >= 11 is 0. The van der Waals surface area contributed by atoms with E-state index in [1.54, 1.807) is 37.5 Å². The van der Waals surface area contributed by atoms with E-state index in [4.69, 9.17) is 4.74 Å². The van der Waals surface area contributed by atoms with Crippen LogP contribution in [-0.4, -0.2) is 27.7 Å². The Labute approximate surface area is 160 Å². The molecule has 1 atom stereocenters. The SMILES string of the molecule is COc1ccc(C)cc1[C@@H](C)NC(=O)/C=C\c1ccc(NS(C)(=O)=O)cc1. The third-order valence-corrected chi connectivity index (χ3v) is 4.46. The Hall–Kier alpha value is -2.80. The molecule has 0 heterocycles. The molecule has 0 aliphatic rings. The standard InChI is InChI=1S/C20H24N2O4S/c1-14-5-11-19(26-3)18(13-14)15(2)21-20(23)12-8-16-6-9-17(10-7-16)22-27(4,24)25/h5-13,15,22H,1-4H3,(H,21,23)/b12-8-/t15-/m1/s1. The zero-order chi connectivity index (χ0) is 20.0. The molecule has 27 heavy (non-hydrogen) atoms. The third-order valence-electron chi connectivity index (χ3n) is 3.85. The van der Waals surface area contributed by atoms with E-state index in [0.29, 0.717) is 5.69 Å². The first-order valence-corrected chi connectivity index (χ1v) is 10.3. The van der Waals surface area contributed by atoms with Crippen molar-refractivity contribution >= 4 is 27.7 Å². The minimum Gasteiger partial charge on any atom is -0.496 e. The molecule has 144 valence electrons. The highest BCUT2D eigenvalue weighted by Gasteiger charge is 2.13. The monoisotopic (exact) mass is 388 g/mol. The lowest BCUT2D eigenvalue weighted by atomic mass is 10.0. The van der Waals surface area contributed by atoms with E-state index in [0.717, 1.165) is 28.7 Å². The van der Waals surface area contributed by atoms with Crippen molar-refractivity contribution in [2.75, 3.05) is 18.1 Å². The zero-order valence-electron chi connectivity index (χ0n) is 15.8. The molecule has 6 nitrogen and oxygen atoms in total. The number of ether oxygens (including phenoxy) is 1. The van der Waals surface area contributed by atoms with Crippen LogP contribution < -0.4 is 14.8 Å². The van der Waals surface area contributed by atoms with Crippen LogP contribution in [0.3, 0.4) is 0 Å². The van der Waals surface area contributed by atoms with Gasteiger partial charge in [0.2, 0.25) is 15.9 Å². The summed E-state index contributed by atoms with van der Waals surface area (Å²) in [7, 11) is -1.70. The van der Waals surface area contributed by atoms with Crippen LogP contribution in [0, 0.1) is 6.92 Å². The van der Waals surface area contributed by atoms with Crippen molar-refractivity contribution in [3.8, 4) is 5.75 Å². The summed E-state index contributed by atoms with van der Waals surface area (Å²) in [5, 5.41) is 2.91. The molecule has 2 aromatic carbocycles. The van der Waals surface area contributed by atoms with Gasteiger partial charge in [0.15, 0.2) is 0 Å². The van der Waals surface area contributed by atoms with E-state index < -0.39 is 10.0 Å². The van der Waals surface area contributed by atoms with Gasteiger partial charge in [-0.05, 0) is 43.7 Å². The molecule has 0 aliphatic carbocycles. The summed E-state index contributed by atoms with van der Waals surface area (Å²) in [5.41, 5.74) is 3.25. The quantitative estimate of drug-likeness (QED) is 0.713. The van der Waals surface area contributed by atoms with Gasteiger partial charge in [0.05, 0.1) is 19.4 Å². The Morgan fingerprint density at radius 2 is 1.81 bits per heavy atom. The first-order valence-electron chi connectivity index (χ1n) is 8.39. The van der Waals surface area contributed by atoms with Crippen molar-refractivity contribution in [2.24, 2.45) is 0 Å². The molecule has 0 unspecified atom stereocenters. The van der Waals surface area contributed by atoms with Gasteiger partial charge in [0.1, 0.15) is 5.75 Å². The van der Waals surface area contributed by atoms with Crippen molar-refractivity contribution in [3.63, 3.8) is 0 Å². The van der Waals surface area contributed by atoms with Gasteiger partial charge in [-0.25, -0.2) is 8.42 Å². The van der Waals surface area contributed by atoms with E-state index in [2.05, 4.69) is 10.0 Å². The van der Waals surface area contributed by atoms with Gasteiger partial charge in [-0.15, -0.1) is 0 Å². The van der Waals surface area contributed by atoms with Gasteiger partial charge in [-0.3, -0.25) is 9.52 Å². The number of benzene rings is 2. The van der Waals surface area contributed by atoms with Gasteiger partial charge < -0.3 is 10.1 Å². The van der Waals surface area contributed by atoms with E-state index in [-0.39, 0.29) is 11.9 Å². The first kappa shape index (κ1) is 20.5. The van der Waals surface area contributed by atoms with Gasteiger partial charge in [0.25, 0.3) is 0 Å². The zero-order valence-corrected chi connectivity index (χ0v) is 16.6. The molecular weight excluding hydrogens is 364 g/mol. The lowest BCUT2D eigenvalue weighted by molar-refractivity contribution is -0.117. The molecule has 0 fully saturated rings. The third kappa shape index (κ3) is 6.45. The number of aryl methyl sites for hydroxylation is 1. The van der Waals surface area contributed by atoms with Crippen LogP contribution in [0.15, 0.2) is 48.5 Å². The van der Waals surface area contributed by atoms with Crippen molar-refractivity contribution in [1.29, 1.82) is 0 Å². The summed E-state index contributed by atoms with van der Waals surface area (Å²) in [5.74, 6) is 0.496. The molecule has 0 bridgehead atoms. The fourth-order valence-corrected chi connectivity index (χ4v) is 3.14. The highest BCUT2D eigenvalue weighted by Crippen LogP contribution is 2.26. The average molecular weight is 388 g/mol. The summed E-state index contributed by atoms with van der Waals surface area (Å²) in [4.78, 5) is 12.2. The number of carbonyl (C=O) groups is 1. The molecule has 2 aromatic rings. The molecule has 0 saturated carbocycles. The molecule has 7 heteroatoms. The summed E-state index contributed by atoms with van der Waals surface area (Å²) < 4.78 is 30.1. The maximum atomic E-state index is 12.2. The molecule has 0 aromatic heterocycles. The minimum atomic E-state index is -3.31. The van der Waals surface area contributed by atoms with Gasteiger partial charge in [0, 0.05) is 17.3 Å². The molecular formula is C20H24N2O4S. The largest absolute Gasteiger partial charge is 0.496 e. The average Bonchev–Trinajstić information content (AvgIpc) is 2.59. The Morgan fingerprint density at radius 3 is 2.41 bits per heavy atom. The number of hydrogen-bond donors (Lipinski definition) is 2. The number of nitrogens with one attached hydrogen (secondary N) is 2. The highest BCUT2D eigenvalue weighted by atomic mass is 32.2. The van der Waals surface area contributed by atoms with Crippen LogP contribution in [0.5, 0.6) is 5.75 Å². The van der Waals surface area contributed by atoms with Crippen LogP contribution in [0.25, 0.3) is 6.08 Å². The Bertz CT molecular complexity index is 935. The fraction of sp³-hybridized carbons (Fsp3) is 0.250. The predicted molar refractivity (Wildman–Crippen MR) is 108 cm³/mol. The molecule has 2 N–H and O–H groups in total. The fourth-order valence-electron chi connectivity index (χ4n) is 2.58. The molecule has 0 saturated heterocycles. The van der Waals surface area contributed by atoms with Crippen molar-refractivity contribution < 1.29 is 17.9 Å². The van der Waals surface area contributed by atoms with Gasteiger partial charge in [-0.2, -0.15) is 0 Å². The molecule has 1 amide bonds. The maximum absolute atomic E-state index is 12.2. The summed E-state index contributed by atoms with van der Waals surface area (Å²) in [6, 6.07) is 12.3. The van der Waals surface area contributed by atoms with E-state index in [1.165, 1.54) is 6.08 Å². The van der Waals surface area contributed by atoms with Crippen molar-refractivity contribution in [2.45, 2.75) is 19.9 Å². The van der Waals surface area contributed by atoms with E-state index in [9.17, 15) is 13.2 Å². The molecule has 0 spiro atoms. The Morgan fingerprint density at radius 1 is 1.15 bits per heavy atom. The van der Waals surface area contributed by atoms with Crippen molar-refractivity contribution in [3.05, 3.63) is 65.2 Å². The Balaban J connectivity index is 2.02. The first-order chi connectivity index (χ1) is 12.7. The van der Waals surface area contributed by atoms with Gasteiger partial charge >= 0.3 is 0 Å². The second kappa shape index (κ2) is 8.73. The number of methoxy groups -OCH3 is 1. The van der Waals surface area contributed by atoms with Crippen LogP contribution in [0.1, 0.15) is 29.7 Å². The molecule has 0 radical (unpaired) electrons. The van der Waals surface area contributed by atoms with Crippen LogP contribution >= 0.6 is 0 Å². The number of hydrogen-bond acceptors (Lipinski definition) is 4. The molecule has 0 aliphatic heterocycles. The van der Waals surface area contributed by atoms with E-state index in [1.807, 2.05) is 32.0 Å². The molecule has 2 rings (SSSR count). The smallest absolute Gasteiger partial charge is 0.244 e. The van der Waals surface area contributed by atoms with Gasteiger partial charge in [-0.1, -0.05) is 29.8 Å². The van der Waals surface area contributed by atoms with Crippen LogP contribution in [0.2, 0.25) is 0 Å². The number of rotatable bonds is 7. The van der Waals surface area contributed by atoms with Crippen molar-refractivity contribution in [1.82, 2.24) is 5.32 Å². The number of sulfonamides is 1. The topological polar surface area (TPSA) is 84.5 Å². The second-order valence-corrected chi connectivity index (χ2v) is 8.05.